The van der Waals surface area contributed by atoms with E-state index in [9.17, 15) is 21.9 Å². The summed E-state index contributed by atoms with van der Waals surface area (Å²) in [5, 5.41) is 13.6. The van der Waals surface area contributed by atoms with Crippen LogP contribution in [-0.4, -0.2) is 107 Å². The molecule has 12 nitrogen and oxygen atoms in total. The van der Waals surface area contributed by atoms with Crippen LogP contribution in [0.5, 0.6) is 11.6 Å². The van der Waals surface area contributed by atoms with Crippen LogP contribution in [0.4, 0.5) is 5.69 Å². The van der Waals surface area contributed by atoms with Gasteiger partial charge >= 0.3 is 0 Å². The number of ether oxygens (including phenoxy) is 3. The number of piperidine rings is 1. The molecule has 0 amide bonds. The molecule has 0 bridgehead atoms. The van der Waals surface area contributed by atoms with Crippen LogP contribution in [0.1, 0.15) is 39.0 Å². The zero-order chi connectivity index (χ0) is 30.2. The Morgan fingerprint density at radius 1 is 1.14 bits per heavy atom. The quantitative estimate of drug-likeness (QED) is 0.371. The van der Waals surface area contributed by atoms with Crippen molar-refractivity contribution >= 4 is 25.5 Å². The molecule has 1 saturated carbocycles. The second kappa shape index (κ2) is 12.1. The van der Waals surface area contributed by atoms with Crippen LogP contribution < -0.4 is 19.7 Å². The first-order valence-electron chi connectivity index (χ1n) is 15.0. The molecule has 4 aliphatic rings. The molecule has 1 aliphatic carbocycles. The molecule has 2 saturated heterocycles. The summed E-state index contributed by atoms with van der Waals surface area (Å²) in [6, 6.07) is 8.12. The number of aromatic nitrogens is 1. The van der Waals surface area contributed by atoms with Crippen LogP contribution in [0.2, 0.25) is 0 Å². The molecule has 3 fully saturated rings. The molecule has 0 unspecified atom stereocenters. The van der Waals surface area contributed by atoms with Crippen molar-refractivity contribution in [3.05, 3.63) is 36.5 Å². The number of aliphatic hydroxyl groups excluding tert-OH is 1. The van der Waals surface area contributed by atoms with Crippen molar-refractivity contribution in [3.8, 4) is 11.6 Å². The highest BCUT2D eigenvalue weighted by molar-refractivity contribution is 7.92. The number of hydrogen-bond acceptors (Lipinski definition) is 11. The molecule has 6 rings (SSSR count). The first-order valence-corrected chi connectivity index (χ1v) is 18.0. The van der Waals surface area contributed by atoms with Crippen LogP contribution in [0.25, 0.3) is 0 Å². The number of pyridine rings is 1. The third-order valence-electron chi connectivity index (χ3n) is 8.79. The van der Waals surface area contributed by atoms with E-state index in [1.165, 1.54) is 16.6 Å². The van der Waals surface area contributed by atoms with E-state index in [4.69, 9.17) is 14.2 Å². The smallest absolute Gasteiger partial charge is 0.244 e. The third-order valence-corrected chi connectivity index (χ3v) is 12.9. The zero-order valence-corrected chi connectivity index (χ0v) is 26.0. The molecule has 0 radical (unpaired) electrons. The summed E-state index contributed by atoms with van der Waals surface area (Å²) in [6.45, 7) is 5.47. The molecular formula is C29H40N4O8S2. The van der Waals surface area contributed by atoms with Crippen LogP contribution in [0.3, 0.4) is 0 Å². The van der Waals surface area contributed by atoms with Gasteiger partial charge in [0.1, 0.15) is 35.7 Å². The highest BCUT2D eigenvalue weighted by Crippen LogP contribution is 2.39. The first kappa shape index (κ1) is 30.5. The van der Waals surface area contributed by atoms with Gasteiger partial charge in [0.05, 0.1) is 35.1 Å². The van der Waals surface area contributed by atoms with Crippen molar-refractivity contribution in [2.24, 2.45) is 0 Å². The lowest BCUT2D eigenvalue weighted by molar-refractivity contribution is -0.0312. The summed E-state index contributed by atoms with van der Waals surface area (Å²) >= 11 is 0. The molecule has 4 heterocycles. The number of anilines is 1. The number of benzene rings is 1. The first-order chi connectivity index (χ1) is 20.6. The van der Waals surface area contributed by atoms with Gasteiger partial charge in [-0.2, -0.15) is 4.31 Å². The Morgan fingerprint density at radius 2 is 1.93 bits per heavy atom. The minimum absolute atomic E-state index is 0.0190. The summed E-state index contributed by atoms with van der Waals surface area (Å²) < 4.78 is 71.0. The maximum absolute atomic E-state index is 13.5. The van der Waals surface area contributed by atoms with Gasteiger partial charge in [-0.25, -0.2) is 21.8 Å². The fourth-order valence-corrected chi connectivity index (χ4v) is 9.17. The van der Waals surface area contributed by atoms with E-state index in [1.54, 1.807) is 24.3 Å². The Balaban J connectivity index is 0.972. The number of hydrogen-bond donors (Lipinski definition) is 2. The van der Waals surface area contributed by atoms with Crippen molar-refractivity contribution in [2.45, 2.75) is 71.8 Å². The Kier molecular flexibility index (Phi) is 8.61. The summed E-state index contributed by atoms with van der Waals surface area (Å²) in [5.41, 5.74) is 0.304. The number of aliphatic hydroxyl groups is 1. The van der Waals surface area contributed by atoms with Gasteiger partial charge in [0, 0.05) is 32.2 Å². The molecule has 2 atom stereocenters. The molecule has 14 heteroatoms. The number of sulfonamides is 1. The maximum atomic E-state index is 13.5. The fraction of sp³-hybridized carbons (Fsp3) is 0.621. The monoisotopic (exact) mass is 636 g/mol. The Hall–Kier alpha value is -2.49. The second-order valence-electron chi connectivity index (χ2n) is 11.8. The molecule has 2 aromatic rings. The molecule has 3 aliphatic heterocycles. The van der Waals surface area contributed by atoms with Crippen LogP contribution in [-0.2, 0) is 24.6 Å². The van der Waals surface area contributed by atoms with Crippen molar-refractivity contribution < 1.29 is 36.2 Å². The number of nitrogens with zero attached hydrogens (tertiary/aromatic N) is 3. The summed E-state index contributed by atoms with van der Waals surface area (Å²) in [7, 11) is -7.02. The van der Waals surface area contributed by atoms with Crippen LogP contribution in [0, 0.1) is 0 Å². The van der Waals surface area contributed by atoms with E-state index in [0.29, 0.717) is 75.8 Å². The third kappa shape index (κ3) is 6.50. The summed E-state index contributed by atoms with van der Waals surface area (Å²) in [6.07, 6.45) is 3.86. The van der Waals surface area contributed by atoms with Gasteiger partial charge in [-0.1, -0.05) is 6.07 Å². The Labute approximate surface area is 253 Å². The normalized spacial score (nSPS) is 23.1. The minimum Gasteiger partial charge on any atom is -0.491 e. The highest BCUT2D eigenvalue weighted by Gasteiger charge is 2.45. The summed E-state index contributed by atoms with van der Waals surface area (Å²) in [4.78, 5) is 6.78. The SMILES string of the molecule is CCN1CCOc2ncc(S(=O)(=O)N3CCC4(CC3)C[C@@H](NC[C@H](O)COc3cccc(S(=O)(=O)C5CC5)c3)CO4)cc21. The molecule has 1 aromatic carbocycles. The molecular weight excluding hydrogens is 596 g/mol. The van der Waals surface area contributed by atoms with Gasteiger partial charge in [-0.05, 0) is 63.3 Å². The highest BCUT2D eigenvalue weighted by atomic mass is 32.2. The van der Waals surface area contributed by atoms with Crippen molar-refractivity contribution in [1.29, 1.82) is 0 Å². The van der Waals surface area contributed by atoms with Crippen LogP contribution in [0.15, 0.2) is 46.3 Å². The van der Waals surface area contributed by atoms with Gasteiger partial charge in [0.2, 0.25) is 15.9 Å². The van der Waals surface area contributed by atoms with E-state index in [2.05, 4.69) is 15.2 Å². The number of sulfone groups is 1. The molecule has 2 N–H and O–H groups in total. The van der Waals surface area contributed by atoms with Gasteiger partial charge in [-0.3, -0.25) is 0 Å². The standard InChI is InChI=1S/C29H40N4O8S2/c1-2-32-12-13-39-28-27(32)15-26(18-31-28)43(37,38)33-10-8-29(9-11-33)16-21(19-41-29)30-17-22(34)20-40-23-4-3-5-25(14-23)42(35,36)24-6-7-24/h3-5,14-15,18,21-22,24,30,34H,2,6-13,16-17,19-20H2,1H3/t21-,22+/m1/s1. The maximum Gasteiger partial charge on any atom is 0.244 e. The predicted molar refractivity (Wildman–Crippen MR) is 159 cm³/mol. The lowest BCUT2D eigenvalue weighted by Gasteiger charge is -2.38. The van der Waals surface area contributed by atoms with Gasteiger partial charge in [-0.15, -0.1) is 0 Å². The van der Waals surface area contributed by atoms with E-state index >= 15 is 0 Å². The van der Waals surface area contributed by atoms with Crippen LogP contribution >= 0.6 is 0 Å². The predicted octanol–water partition coefficient (Wildman–Crippen LogP) is 1.58. The molecule has 1 spiro atoms. The molecule has 1 aromatic heterocycles. The van der Waals surface area contributed by atoms with Gasteiger partial charge in [0.25, 0.3) is 0 Å². The average molecular weight is 637 g/mol. The fourth-order valence-electron chi connectivity index (χ4n) is 6.08. The molecule has 236 valence electrons. The van der Waals surface area contributed by atoms with Crippen molar-refractivity contribution in [1.82, 2.24) is 14.6 Å². The Morgan fingerprint density at radius 3 is 2.67 bits per heavy atom. The largest absolute Gasteiger partial charge is 0.491 e. The van der Waals surface area contributed by atoms with E-state index in [-0.39, 0.29) is 34.2 Å². The average Bonchev–Trinajstić information content (AvgIpc) is 3.82. The number of nitrogens with one attached hydrogen (secondary N) is 1. The Bertz CT molecular complexity index is 1520. The molecule has 43 heavy (non-hydrogen) atoms. The van der Waals surface area contributed by atoms with E-state index in [0.717, 1.165) is 13.0 Å². The number of likely N-dealkylation sites (N-methyl/N-ethyl adjacent to an activating group) is 1. The minimum atomic E-state index is -3.71. The zero-order valence-electron chi connectivity index (χ0n) is 24.4. The van der Waals surface area contributed by atoms with Gasteiger partial charge in [0.15, 0.2) is 9.84 Å². The lowest BCUT2D eigenvalue weighted by atomic mass is 9.88. The van der Waals surface area contributed by atoms with Gasteiger partial charge < -0.3 is 29.5 Å². The second-order valence-corrected chi connectivity index (χ2v) is 16.0. The number of rotatable bonds is 11. The van der Waals surface area contributed by atoms with Crippen molar-refractivity contribution in [3.63, 3.8) is 0 Å². The van der Waals surface area contributed by atoms with E-state index < -0.39 is 31.6 Å². The summed E-state index contributed by atoms with van der Waals surface area (Å²) in [5.74, 6) is 0.876. The number of fused-ring (bicyclic) bond motifs is 1. The lowest BCUT2D eigenvalue weighted by Crippen LogP contribution is -2.47. The van der Waals surface area contributed by atoms with Crippen molar-refractivity contribution in [2.75, 3.05) is 57.4 Å². The van der Waals surface area contributed by atoms with E-state index in [1.807, 2.05) is 6.92 Å². The topological polar surface area (TPSA) is 148 Å².